The molecule has 0 atom stereocenters. The molecule has 3 rings (SSSR count). The van der Waals surface area contributed by atoms with Crippen molar-refractivity contribution in [3.05, 3.63) is 65.2 Å². The first kappa shape index (κ1) is 12.7. The van der Waals surface area contributed by atoms with E-state index < -0.39 is 5.97 Å². The minimum Gasteiger partial charge on any atom is -0.478 e. The summed E-state index contributed by atoms with van der Waals surface area (Å²) in [4.78, 5) is 11.1. The molecule has 3 heteroatoms. The zero-order valence-corrected chi connectivity index (χ0v) is 11.2. The maximum absolute atomic E-state index is 11.1. The number of hydrogen-bond acceptors (Lipinski definition) is 2. The van der Waals surface area contributed by atoms with Gasteiger partial charge in [0.15, 0.2) is 0 Å². The normalized spacial score (nSPS) is 14.0. The van der Waals surface area contributed by atoms with Gasteiger partial charge in [-0.15, -0.1) is 0 Å². The summed E-state index contributed by atoms with van der Waals surface area (Å²) in [5.74, 6) is -0.166. The first-order valence-electron chi connectivity index (χ1n) is 6.89. The van der Waals surface area contributed by atoms with Gasteiger partial charge in [-0.05, 0) is 42.0 Å². The fourth-order valence-electron chi connectivity index (χ4n) is 2.39. The number of aromatic carboxylic acids is 1. The molecule has 0 aliphatic heterocycles. The van der Waals surface area contributed by atoms with E-state index >= 15 is 0 Å². The minimum absolute atomic E-state index is 0.311. The Hall–Kier alpha value is -2.29. The van der Waals surface area contributed by atoms with E-state index in [2.05, 4.69) is 29.6 Å². The van der Waals surface area contributed by atoms with E-state index in [-0.39, 0.29) is 0 Å². The lowest BCUT2D eigenvalue weighted by Gasteiger charge is -2.10. The van der Waals surface area contributed by atoms with Crippen LogP contribution in [0.5, 0.6) is 0 Å². The monoisotopic (exact) mass is 267 g/mol. The SMILES string of the molecule is O=C(O)c1ccccc1NCc1cccc(C2CC2)c1. The summed E-state index contributed by atoms with van der Waals surface area (Å²) >= 11 is 0. The Labute approximate surface area is 118 Å². The van der Waals surface area contributed by atoms with E-state index in [4.69, 9.17) is 5.11 Å². The zero-order valence-electron chi connectivity index (χ0n) is 11.2. The standard InChI is InChI=1S/C17H17NO2/c19-17(20)15-6-1-2-7-16(15)18-11-12-4-3-5-14(10-12)13-8-9-13/h1-7,10,13,18H,8-9,11H2,(H,19,20). The topological polar surface area (TPSA) is 49.3 Å². The van der Waals surface area contributed by atoms with Crippen LogP contribution in [0.2, 0.25) is 0 Å². The number of rotatable bonds is 5. The van der Waals surface area contributed by atoms with Crippen molar-refractivity contribution in [2.24, 2.45) is 0 Å². The van der Waals surface area contributed by atoms with Crippen LogP contribution in [0.4, 0.5) is 5.69 Å². The van der Waals surface area contributed by atoms with Gasteiger partial charge in [-0.1, -0.05) is 36.4 Å². The highest BCUT2D eigenvalue weighted by Crippen LogP contribution is 2.40. The molecule has 2 aromatic rings. The number of carboxylic acids is 1. The predicted octanol–water partition coefficient (Wildman–Crippen LogP) is 3.87. The van der Waals surface area contributed by atoms with Crippen LogP contribution in [0, 0.1) is 0 Å². The second-order valence-corrected chi connectivity index (χ2v) is 5.22. The largest absolute Gasteiger partial charge is 0.478 e. The van der Waals surface area contributed by atoms with Crippen LogP contribution in [0.25, 0.3) is 0 Å². The fourth-order valence-corrected chi connectivity index (χ4v) is 2.39. The molecule has 0 unspecified atom stereocenters. The molecule has 1 fully saturated rings. The van der Waals surface area contributed by atoms with Crippen molar-refractivity contribution in [3.63, 3.8) is 0 Å². The van der Waals surface area contributed by atoms with Crippen LogP contribution in [-0.4, -0.2) is 11.1 Å². The van der Waals surface area contributed by atoms with Crippen molar-refractivity contribution >= 4 is 11.7 Å². The third-order valence-electron chi connectivity index (χ3n) is 3.64. The van der Waals surface area contributed by atoms with E-state index in [1.54, 1.807) is 18.2 Å². The maximum Gasteiger partial charge on any atom is 0.337 e. The highest BCUT2D eigenvalue weighted by Gasteiger charge is 2.23. The molecule has 102 valence electrons. The molecular weight excluding hydrogens is 250 g/mol. The van der Waals surface area contributed by atoms with Crippen molar-refractivity contribution in [2.75, 3.05) is 5.32 Å². The third-order valence-corrected chi connectivity index (χ3v) is 3.64. The van der Waals surface area contributed by atoms with E-state index in [0.717, 1.165) is 5.92 Å². The van der Waals surface area contributed by atoms with Gasteiger partial charge in [0, 0.05) is 12.2 Å². The molecule has 2 aromatic carbocycles. The average molecular weight is 267 g/mol. The van der Waals surface area contributed by atoms with E-state index in [0.29, 0.717) is 17.8 Å². The molecule has 0 spiro atoms. The maximum atomic E-state index is 11.1. The van der Waals surface area contributed by atoms with Crippen LogP contribution >= 0.6 is 0 Å². The van der Waals surface area contributed by atoms with Gasteiger partial charge in [0.05, 0.1) is 5.56 Å². The van der Waals surface area contributed by atoms with E-state index in [9.17, 15) is 4.79 Å². The van der Waals surface area contributed by atoms with Gasteiger partial charge in [-0.25, -0.2) is 4.79 Å². The van der Waals surface area contributed by atoms with Gasteiger partial charge in [-0.2, -0.15) is 0 Å². The Morgan fingerprint density at radius 1 is 1.15 bits per heavy atom. The average Bonchev–Trinajstić information content (AvgIpc) is 3.30. The summed E-state index contributed by atoms with van der Waals surface area (Å²) in [5, 5.41) is 12.4. The Morgan fingerprint density at radius 2 is 1.95 bits per heavy atom. The molecule has 1 saturated carbocycles. The summed E-state index contributed by atoms with van der Waals surface area (Å²) in [7, 11) is 0. The smallest absolute Gasteiger partial charge is 0.337 e. The predicted molar refractivity (Wildman–Crippen MR) is 79.1 cm³/mol. The molecule has 0 bridgehead atoms. The van der Waals surface area contributed by atoms with Crippen molar-refractivity contribution in [3.8, 4) is 0 Å². The van der Waals surface area contributed by atoms with Crippen LogP contribution in [0.3, 0.4) is 0 Å². The molecule has 1 aliphatic carbocycles. The highest BCUT2D eigenvalue weighted by atomic mass is 16.4. The summed E-state index contributed by atoms with van der Waals surface area (Å²) in [6.07, 6.45) is 2.58. The van der Waals surface area contributed by atoms with Gasteiger partial charge >= 0.3 is 5.97 Å². The first-order valence-corrected chi connectivity index (χ1v) is 6.89. The van der Waals surface area contributed by atoms with Gasteiger partial charge in [-0.3, -0.25) is 0 Å². The zero-order chi connectivity index (χ0) is 13.9. The summed E-state index contributed by atoms with van der Waals surface area (Å²) in [6, 6.07) is 15.5. The third kappa shape index (κ3) is 2.82. The molecule has 0 radical (unpaired) electrons. The van der Waals surface area contributed by atoms with Crippen LogP contribution in [-0.2, 0) is 6.54 Å². The second kappa shape index (κ2) is 5.37. The summed E-state index contributed by atoms with van der Waals surface area (Å²) in [6.45, 7) is 0.644. The first-order chi connectivity index (χ1) is 9.74. The number of benzene rings is 2. The molecule has 0 amide bonds. The van der Waals surface area contributed by atoms with Crippen molar-refractivity contribution in [2.45, 2.75) is 25.3 Å². The Bertz CT molecular complexity index is 632. The van der Waals surface area contributed by atoms with Crippen LogP contribution < -0.4 is 5.32 Å². The van der Waals surface area contributed by atoms with Gasteiger partial charge in [0.2, 0.25) is 0 Å². The van der Waals surface area contributed by atoms with Crippen molar-refractivity contribution in [1.82, 2.24) is 0 Å². The number of hydrogen-bond donors (Lipinski definition) is 2. The molecule has 3 nitrogen and oxygen atoms in total. The quantitative estimate of drug-likeness (QED) is 0.864. The number of anilines is 1. The van der Waals surface area contributed by atoms with Gasteiger partial charge in [0.1, 0.15) is 0 Å². The summed E-state index contributed by atoms with van der Waals surface area (Å²) in [5.41, 5.74) is 3.56. The van der Waals surface area contributed by atoms with Crippen LogP contribution in [0.1, 0.15) is 40.2 Å². The number of nitrogens with one attached hydrogen (secondary N) is 1. The number of carboxylic acid groups (broad SMARTS) is 1. The molecule has 0 heterocycles. The van der Waals surface area contributed by atoms with Crippen LogP contribution in [0.15, 0.2) is 48.5 Å². The highest BCUT2D eigenvalue weighted by molar-refractivity contribution is 5.94. The molecule has 2 N–H and O–H groups in total. The second-order valence-electron chi connectivity index (χ2n) is 5.22. The lowest BCUT2D eigenvalue weighted by molar-refractivity contribution is 0.0698. The fraction of sp³-hybridized carbons (Fsp3) is 0.235. The number of carbonyl (C=O) groups is 1. The lowest BCUT2D eigenvalue weighted by Crippen LogP contribution is -2.06. The van der Waals surface area contributed by atoms with Gasteiger partial charge in [0.25, 0.3) is 0 Å². The Balaban J connectivity index is 1.73. The van der Waals surface area contributed by atoms with Crippen molar-refractivity contribution < 1.29 is 9.90 Å². The van der Waals surface area contributed by atoms with Gasteiger partial charge < -0.3 is 10.4 Å². The molecule has 1 aliphatic rings. The Morgan fingerprint density at radius 3 is 2.70 bits per heavy atom. The molecule has 0 aromatic heterocycles. The molecule has 0 saturated heterocycles. The Kier molecular flexibility index (Phi) is 3.42. The van der Waals surface area contributed by atoms with E-state index in [1.807, 2.05) is 6.07 Å². The number of para-hydroxylation sites is 1. The van der Waals surface area contributed by atoms with E-state index in [1.165, 1.54) is 24.0 Å². The summed E-state index contributed by atoms with van der Waals surface area (Å²) < 4.78 is 0. The lowest BCUT2D eigenvalue weighted by atomic mass is 10.1. The van der Waals surface area contributed by atoms with Crippen molar-refractivity contribution in [1.29, 1.82) is 0 Å². The molecule has 20 heavy (non-hydrogen) atoms. The molecular formula is C17H17NO2. The minimum atomic E-state index is -0.903.